The lowest BCUT2D eigenvalue weighted by Gasteiger charge is -2.24. The zero-order valence-corrected chi connectivity index (χ0v) is 19.9. The fraction of sp³-hybridized carbons (Fsp3) is 0.500. The summed E-state index contributed by atoms with van der Waals surface area (Å²) in [6.45, 7) is 17.1. The van der Waals surface area contributed by atoms with Gasteiger partial charge < -0.3 is 28.4 Å². The molecule has 34 heavy (non-hydrogen) atoms. The van der Waals surface area contributed by atoms with Crippen molar-refractivity contribution in [3.05, 3.63) is 50.0 Å². The predicted octanol–water partition coefficient (Wildman–Crippen LogP) is 2.93. The van der Waals surface area contributed by atoms with Crippen LogP contribution in [0.3, 0.4) is 0 Å². The number of ether oxygens (including phenoxy) is 6. The van der Waals surface area contributed by atoms with Gasteiger partial charge in [-0.25, -0.2) is 19.2 Å². The highest BCUT2D eigenvalue weighted by atomic mass is 16.6. The molecule has 0 aliphatic rings. The van der Waals surface area contributed by atoms with Crippen molar-refractivity contribution >= 4 is 23.9 Å². The number of carbonyl (C=O) groups is 4. The van der Waals surface area contributed by atoms with Crippen LogP contribution in [0.1, 0.15) is 39.5 Å². The van der Waals surface area contributed by atoms with E-state index in [4.69, 9.17) is 28.4 Å². The van der Waals surface area contributed by atoms with Crippen LogP contribution in [0.2, 0.25) is 0 Å². The number of hydrogen-bond donors (Lipinski definition) is 0. The molecule has 0 saturated heterocycles. The maximum Gasteiger partial charge on any atom is 0.352 e. The fourth-order valence-electron chi connectivity index (χ4n) is 2.15. The van der Waals surface area contributed by atoms with Crippen LogP contribution in [-0.4, -0.2) is 62.5 Å². The number of hydrogen-bond acceptors (Lipinski definition) is 10. The molecule has 0 amide bonds. The van der Waals surface area contributed by atoms with Crippen LogP contribution < -0.4 is 0 Å². The van der Waals surface area contributed by atoms with Crippen LogP contribution in [0.5, 0.6) is 0 Å². The minimum Gasteiger partial charge on any atom is -0.502 e. The Labute approximate surface area is 200 Å². The summed E-state index contributed by atoms with van der Waals surface area (Å²) in [6.07, 6.45) is 0.724. The van der Waals surface area contributed by atoms with Crippen molar-refractivity contribution in [2.45, 2.75) is 51.7 Å². The van der Waals surface area contributed by atoms with Crippen LogP contribution in [0.4, 0.5) is 0 Å². The molecule has 10 nitrogen and oxygen atoms in total. The number of esters is 4. The van der Waals surface area contributed by atoms with Crippen LogP contribution in [0.15, 0.2) is 50.0 Å². The van der Waals surface area contributed by atoms with Crippen LogP contribution in [0, 0.1) is 0 Å². The van der Waals surface area contributed by atoms with Gasteiger partial charge in [0.25, 0.3) is 0 Å². The first-order chi connectivity index (χ1) is 16.1. The van der Waals surface area contributed by atoms with Crippen LogP contribution in [0.25, 0.3) is 0 Å². The maximum absolute atomic E-state index is 12.7. The van der Waals surface area contributed by atoms with E-state index in [0.29, 0.717) is 38.9 Å². The lowest BCUT2D eigenvalue weighted by Crippen LogP contribution is -2.47. The molecule has 0 saturated carbocycles. The molecule has 0 bridgehead atoms. The Morgan fingerprint density at radius 1 is 0.647 bits per heavy atom. The van der Waals surface area contributed by atoms with Gasteiger partial charge in [0.2, 0.25) is 12.2 Å². The third kappa shape index (κ3) is 13.1. The summed E-state index contributed by atoms with van der Waals surface area (Å²) in [4.78, 5) is 49.7. The summed E-state index contributed by atoms with van der Waals surface area (Å²) in [5, 5.41) is 0. The Kier molecular flexibility index (Phi) is 16.1. The Hall–Kier alpha value is -3.56. The van der Waals surface area contributed by atoms with Crippen LogP contribution >= 0.6 is 0 Å². The molecule has 0 heterocycles. The zero-order chi connectivity index (χ0) is 25.9. The van der Waals surface area contributed by atoms with E-state index < -0.39 is 36.1 Å². The Balaban J connectivity index is 5.44. The summed E-state index contributed by atoms with van der Waals surface area (Å²) >= 11 is 0. The lowest BCUT2D eigenvalue weighted by molar-refractivity contribution is -0.189. The van der Waals surface area contributed by atoms with E-state index in [9.17, 15) is 19.2 Å². The van der Waals surface area contributed by atoms with Crippen LogP contribution in [-0.2, 0) is 47.6 Å². The highest BCUT2D eigenvalue weighted by molar-refractivity contribution is 5.94. The molecular formula is C24H34O10. The molecule has 0 fully saturated rings. The molecule has 0 aliphatic heterocycles. The Morgan fingerprint density at radius 3 is 1.26 bits per heavy atom. The van der Waals surface area contributed by atoms with Crippen molar-refractivity contribution in [3.63, 3.8) is 0 Å². The molecule has 0 aliphatic carbocycles. The number of unbranched alkanes of at least 4 members (excludes halogenated alkanes) is 2. The van der Waals surface area contributed by atoms with Crippen molar-refractivity contribution in [1.29, 1.82) is 0 Å². The highest BCUT2D eigenvalue weighted by Gasteiger charge is 2.42. The molecular weight excluding hydrogens is 448 g/mol. The third-order valence-electron chi connectivity index (χ3n) is 3.94. The normalized spacial score (nSPS) is 11.7. The second-order valence-corrected chi connectivity index (χ2v) is 7.04. The largest absolute Gasteiger partial charge is 0.502 e. The average Bonchev–Trinajstić information content (AvgIpc) is 2.79. The summed E-state index contributed by atoms with van der Waals surface area (Å²) in [7, 11) is 0. The molecule has 0 aromatic heterocycles. The minimum atomic E-state index is -1.91. The van der Waals surface area contributed by atoms with E-state index in [2.05, 4.69) is 26.3 Å². The van der Waals surface area contributed by atoms with E-state index in [1.807, 2.05) is 0 Å². The first-order valence-corrected chi connectivity index (χ1v) is 10.7. The van der Waals surface area contributed by atoms with Gasteiger partial charge in [-0.2, -0.15) is 0 Å². The SMILES string of the molecule is C=COCCCCOC(=O)C(OC(=O)C(=C)C)C(OC(=O)C(=C)C)C(=O)OCCCCOC=C. The highest BCUT2D eigenvalue weighted by Crippen LogP contribution is 2.14. The summed E-state index contributed by atoms with van der Waals surface area (Å²) in [6, 6.07) is 0. The second-order valence-electron chi connectivity index (χ2n) is 7.04. The molecule has 0 aromatic rings. The van der Waals surface area contributed by atoms with E-state index in [1.165, 1.54) is 26.4 Å². The van der Waals surface area contributed by atoms with Crippen molar-refractivity contribution in [3.8, 4) is 0 Å². The molecule has 0 N–H and O–H groups in total. The van der Waals surface area contributed by atoms with E-state index >= 15 is 0 Å². The summed E-state index contributed by atoms with van der Waals surface area (Å²) in [5.74, 6) is -4.13. The topological polar surface area (TPSA) is 124 Å². The molecule has 2 unspecified atom stereocenters. The standard InChI is InChI=1S/C24H34O10/c1-7-29-13-9-11-15-31-23(27)19(33-21(25)17(3)4)20(34-22(26)18(5)6)24(28)32-16-12-10-14-30-8-2/h7-8,19-20H,1-3,5,9-16H2,4,6H3. The molecule has 10 heteroatoms. The van der Waals surface area contributed by atoms with E-state index in [0.717, 1.165) is 0 Å². The lowest BCUT2D eigenvalue weighted by atomic mass is 10.2. The third-order valence-corrected chi connectivity index (χ3v) is 3.94. The minimum absolute atomic E-state index is 0.0417. The van der Waals surface area contributed by atoms with Crippen molar-refractivity contribution in [2.75, 3.05) is 26.4 Å². The monoisotopic (exact) mass is 482 g/mol. The van der Waals surface area contributed by atoms with Gasteiger partial charge in [0.05, 0.1) is 39.0 Å². The second kappa shape index (κ2) is 17.9. The Bertz CT molecular complexity index is 678. The van der Waals surface area contributed by atoms with Gasteiger partial charge >= 0.3 is 23.9 Å². The molecule has 0 radical (unpaired) electrons. The van der Waals surface area contributed by atoms with Crippen molar-refractivity contribution < 1.29 is 47.6 Å². The van der Waals surface area contributed by atoms with E-state index in [-0.39, 0.29) is 24.4 Å². The summed E-state index contributed by atoms with van der Waals surface area (Å²) in [5.41, 5.74) is -0.0834. The predicted molar refractivity (Wildman–Crippen MR) is 122 cm³/mol. The molecule has 2 atom stereocenters. The molecule has 0 rings (SSSR count). The van der Waals surface area contributed by atoms with Gasteiger partial charge in [-0.1, -0.05) is 26.3 Å². The first-order valence-electron chi connectivity index (χ1n) is 10.7. The molecule has 190 valence electrons. The Morgan fingerprint density at radius 2 is 0.971 bits per heavy atom. The quantitative estimate of drug-likeness (QED) is 0.0892. The van der Waals surface area contributed by atoms with Crippen molar-refractivity contribution in [1.82, 2.24) is 0 Å². The molecule has 0 spiro atoms. The maximum atomic E-state index is 12.7. The number of rotatable bonds is 19. The van der Waals surface area contributed by atoms with Gasteiger partial charge in [0.1, 0.15) is 0 Å². The zero-order valence-electron chi connectivity index (χ0n) is 19.9. The van der Waals surface area contributed by atoms with E-state index in [1.54, 1.807) is 0 Å². The molecule has 0 aromatic carbocycles. The van der Waals surface area contributed by atoms with Gasteiger partial charge in [0.15, 0.2) is 0 Å². The van der Waals surface area contributed by atoms with Gasteiger partial charge in [-0.3, -0.25) is 0 Å². The van der Waals surface area contributed by atoms with Gasteiger partial charge in [-0.15, -0.1) is 0 Å². The fourth-order valence-corrected chi connectivity index (χ4v) is 2.15. The summed E-state index contributed by atoms with van der Waals surface area (Å²) < 4.78 is 30.4. The number of carbonyl (C=O) groups excluding carboxylic acids is 4. The smallest absolute Gasteiger partial charge is 0.352 e. The van der Waals surface area contributed by atoms with Crippen molar-refractivity contribution in [2.24, 2.45) is 0 Å². The average molecular weight is 483 g/mol. The van der Waals surface area contributed by atoms with Gasteiger partial charge in [0, 0.05) is 11.1 Å². The first kappa shape index (κ1) is 30.4. The van der Waals surface area contributed by atoms with Gasteiger partial charge in [-0.05, 0) is 39.5 Å².